The summed E-state index contributed by atoms with van der Waals surface area (Å²) in [5.74, 6) is 0. The molecule has 0 bridgehead atoms. The van der Waals surface area contributed by atoms with Crippen LogP contribution in [0.4, 0.5) is 0 Å². The van der Waals surface area contributed by atoms with Crippen LogP contribution in [0.25, 0.3) is 0 Å². The molecule has 0 radical (unpaired) electrons. The average molecular weight is 239 g/mol. The zero-order valence-electron chi connectivity index (χ0n) is 8.32. The van der Waals surface area contributed by atoms with Crippen LogP contribution in [0, 0.1) is 0 Å². The zero-order chi connectivity index (χ0) is 10.8. The molecular formula is C9H16ClO3P. The van der Waals surface area contributed by atoms with Crippen molar-refractivity contribution in [3.05, 3.63) is 25.7 Å². The van der Waals surface area contributed by atoms with Crippen molar-refractivity contribution < 1.29 is 13.6 Å². The van der Waals surface area contributed by atoms with Crippen molar-refractivity contribution in [2.75, 3.05) is 0 Å². The summed E-state index contributed by atoms with van der Waals surface area (Å²) in [7, 11) is -1.48. The number of hydrogen-bond donors (Lipinski definition) is 0. The summed E-state index contributed by atoms with van der Waals surface area (Å²) in [6, 6.07) is 0. The highest BCUT2D eigenvalue weighted by molar-refractivity contribution is 7.42. The van der Waals surface area contributed by atoms with Gasteiger partial charge in [-0.1, -0.05) is 38.1 Å². The van der Waals surface area contributed by atoms with E-state index >= 15 is 0 Å². The molecular weight excluding hydrogens is 223 g/mol. The van der Waals surface area contributed by atoms with Gasteiger partial charge in [0.1, 0.15) is 5.56 Å². The van der Waals surface area contributed by atoms with Crippen LogP contribution in [0.1, 0.15) is 26.2 Å². The number of hydrogen-bond acceptors (Lipinski definition) is 3. The van der Waals surface area contributed by atoms with E-state index in [2.05, 4.69) is 20.1 Å². The lowest BCUT2D eigenvalue weighted by atomic mass is 10.3. The molecule has 0 aromatic carbocycles. The van der Waals surface area contributed by atoms with Gasteiger partial charge in [-0.3, -0.25) is 4.52 Å². The van der Waals surface area contributed by atoms with Gasteiger partial charge in [-0.2, -0.15) is 0 Å². The van der Waals surface area contributed by atoms with E-state index in [1.165, 1.54) is 12.5 Å². The van der Waals surface area contributed by atoms with Crippen LogP contribution >= 0.6 is 20.2 Å². The molecule has 0 aliphatic rings. The molecule has 3 nitrogen and oxygen atoms in total. The summed E-state index contributed by atoms with van der Waals surface area (Å²) in [4.78, 5) is 0. The highest BCUT2D eigenvalue weighted by Gasteiger charge is 2.17. The van der Waals surface area contributed by atoms with Gasteiger partial charge < -0.3 is 9.05 Å². The van der Waals surface area contributed by atoms with Gasteiger partial charge in [0.15, 0.2) is 0 Å². The topological polar surface area (TPSA) is 27.7 Å². The minimum atomic E-state index is -1.48. The Hall–Kier alpha value is -0.240. The lowest BCUT2D eigenvalue weighted by molar-refractivity contribution is 0.206. The predicted molar refractivity (Wildman–Crippen MR) is 59.7 cm³/mol. The molecule has 82 valence electrons. The van der Waals surface area contributed by atoms with E-state index in [0.29, 0.717) is 0 Å². The standard InChI is InChI=1S/C9H16ClO3P/c1-4-7-8-9(10)13-14(11-5-2)12-6-3/h5-6,9H,2-4,7-8H2,1H3. The lowest BCUT2D eigenvalue weighted by Gasteiger charge is -2.16. The Morgan fingerprint density at radius 2 is 1.93 bits per heavy atom. The first-order valence-corrected chi connectivity index (χ1v) is 5.94. The summed E-state index contributed by atoms with van der Waals surface area (Å²) in [5.41, 5.74) is -0.388. The molecule has 0 amide bonds. The number of rotatable bonds is 9. The molecule has 0 saturated carbocycles. The second-order valence-electron chi connectivity index (χ2n) is 2.43. The third-order valence-corrected chi connectivity index (χ3v) is 2.81. The fraction of sp³-hybridized carbons (Fsp3) is 0.556. The van der Waals surface area contributed by atoms with Crippen LogP contribution in [0.15, 0.2) is 25.7 Å². The molecule has 14 heavy (non-hydrogen) atoms. The van der Waals surface area contributed by atoms with E-state index in [1.54, 1.807) is 0 Å². The first-order valence-electron chi connectivity index (χ1n) is 4.40. The van der Waals surface area contributed by atoms with E-state index in [1.807, 2.05) is 0 Å². The Morgan fingerprint density at radius 3 is 2.36 bits per heavy atom. The van der Waals surface area contributed by atoms with Crippen molar-refractivity contribution in [2.45, 2.75) is 31.7 Å². The second-order valence-corrected chi connectivity index (χ2v) is 3.99. The molecule has 0 aromatic rings. The Labute approximate surface area is 91.7 Å². The maximum Gasteiger partial charge on any atom is 0.463 e. The van der Waals surface area contributed by atoms with Gasteiger partial charge in [0.05, 0.1) is 12.5 Å². The van der Waals surface area contributed by atoms with Gasteiger partial charge in [-0.15, -0.1) is 0 Å². The van der Waals surface area contributed by atoms with E-state index in [0.717, 1.165) is 19.3 Å². The van der Waals surface area contributed by atoms with Gasteiger partial charge in [0.2, 0.25) is 0 Å². The van der Waals surface area contributed by atoms with Crippen LogP contribution in [0.2, 0.25) is 0 Å². The second kappa shape index (κ2) is 9.32. The van der Waals surface area contributed by atoms with Crippen LogP contribution in [0.5, 0.6) is 0 Å². The first-order chi connectivity index (χ1) is 6.74. The van der Waals surface area contributed by atoms with Gasteiger partial charge in [0.25, 0.3) is 0 Å². The minimum Gasteiger partial charge on any atom is -0.426 e. The molecule has 0 aliphatic carbocycles. The lowest BCUT2D eigenvalue weighted by Crippen LogP contribution is -2.02. The van der Waals surface area contributed by atoms with Crippen LogP contribution < -0.4 is 0 Å². The average Bonchev–Trinajstić information content (AvgIpc) is 2.15. The minimum absolute atomic E-state index is 0.388. The highest BCUT2D eigenvalue weighted by atomic mass is 35.5. The number of alkyl halides is 1. The maximum absolute atomic E-state index is 5.89. The fourth-order valence-corrected chi connectivity index (χ4v) is 1.74. The maximum atomic E-state index is 5.89. The molecule has 0 N–H and O–H groups in total. The summed E-state index contributed by atoms with van der Waals surface area (Å²) in [5, 5.41) is 0. The van der Waals surface area contributed by atoms with Crippen molar-refractivity contribution in [3.63, 3.8) is 0 Å². The SMILES string of the molecule is C=COP(OC=C)OC(Cl)CCCC. The van der Waals surface area contributed by atoms with Crippen molar-refractivity contribution in [3.8, 4) is 0 Å². The normalized spacial score (nSPS) is 12.2. The summed E-state index contributed by atoms with van der Waals surface area (Å²) >= 11 is 5.89. The fourth-order valence-electron chi connectivity index (χ4n) is 0.707. The highest BCUT2D eigenvalue weighted by Crippen LogP contribution is 2.42. The van der Waals surface area contributed by atoms with Gasteiger partial charge in [-0.05, 0) is 12.8 Å². The largest absolute Gasteiger partial charge is 0.463 e. The predicted octanol–water partition coefficient (Wildman–Crippen LogP) is 4.31. The summed E-state index contributed by atoms with van der Waals surface area (Å²) < 4.78 is 15.2. The molecule has 5 heteroatoms. The number of unbranched alkanes of at least 4 members (excludes halogenated alkanes) is 1. The molecule has 1 atom stereocenters. The van der Waals surface area contributed by atoms with Gasteiger partial charge in [-0.25, -0.2) is 0 Å². The Morgan fingerprint density at radius 1 is 1.36 bits per heavy atom. The summed E-state index contributed by atoms with van der Waals surface area (Å²) in [6.45, 7) is 8.91. The van der Waals surface area contributed by atoms with E-state index in [9.17, 15) is 0 Å². The van der Waals surface area contributed by atoms with Crippen molar-refractivity contribution in [1.82, 2.24) is 0 Å². The molecule has 0 aliphatic heterocycles. The first kappa shape index (κ1) is 13.8. The van der Waals surface area contributed by atoms with Crippen LogP contribution in [-0.2, 0) is 13.6 Å². The molecule has 0 heterocycles. The van der Waals surface area contributed by atoms with Crippen LogP contribution in [0.3, 0.4) is 0 Å². The molecule has 0 aromatic heterocycles. The van der Waals surface area contributed by atoms with Crippen molar-refractivity contribution >= 4 is 20.2 Å². The Bertz CT molecular complexity index is 156. The van der Waals surface area contributed by atoms with E-state index < -0.39 is 8.60 Å². The number of halogens is 1. The van der Waals surface area contributed by atoms with Crippen molar-refractivity contribution in [2.24, 2.45) is 0 Å². The molecule has 0 rings (SSSR count). The quantitative estimate of drug-likeness (QED) is 0.340. The molecule has 0 fully saturated rings. The molecule has 0 saturated heterocycles. The smallest absolute Gasteiger partial charge is 0.426 e. The van der Waals surface area contributed by atoms with E-state index in [-0.39, 0.29) is 5.56 Å². The monoisotopic (exact) mass is 238 g/mol. The van der Waals surface area contributed by atoms with Crippen molar-refractivity contribution in [1.29, 1.82) is 0 Å². The Kier molecular flexibility index (Phi) is 9.16. The van der Waals surface area contributed by atoms with E-state index in [4.69, 9.17) is 25.2 Å². The molecule has 0 spiro atoms. The third kappa shape index (κ3) is 7.19. The van der Waals surface area contributed by atoms with Crippen LogP contribution in [-0.4, -0.2) is 5.56 Å². The zero-order valence-corrected chi connectivity index (χ0v) is 9.97. The summed E-state index contributed by atoms with van der Waals surface area (Å²) in [6.07, 6.45) is 5.39. The Balaban J connectivity index is 3.75. The van der Waals surface area contributed by atoms with Gasteiger partial charge >= 0.3 is 8.60 Å². The molecule has 1 unspecified atom stereocenters. The third-order valence-electron chi connectivity index (χ3n) is 1.31. The van der Waals surface area contributed by atoms with Gasteiger partial charge in [0, 0.05) is 0 Å².